The van der Waals surface area contributed by atoms with Gasteiger partial charge in [0.25, 0.3) is 5.91 Å². The van der Waals surface area contributed by atoms with Gasteiger partial charge in [-0.05, 0) is 49.3 Å². The molecule has 0 spiro atoms. The third-order valence-corrected chi connectivity index (χ3v) is 9.32. The van der Waals surface area contributed by atoms with Gasteiger partial charge in [-0.3, -0.25) is 4.79 Å². The molecule has 0 aromatic heterocycles. The van der Waals surface area contributed by atoms with E-state index in [1.165, 1.54) is 10.4 Å². The van der Waals surface area contributed by atoms with E-state index in [4.69, 9.17) is 0 Å². The molecule has 1 unspecified atom stereocenters. The molecule has 4 rings (SSSR count). The maximum atomic E-state index is 15.4. The highest BCUT2D eigenvalue weighted by molar-refractivity contribution is 7.92. The third-order valence-electron chi connectivity index (χ3n) is 5.70. The van der Waals surface area contributed by atoms with Crippen LogP contribution in [-0.2, 0) is 25.0 Å². The van der Waals surface area contributed by atoms with Crippen molar-refractivity contribution in [2.45, 2.75) is 31.4 Å². The molecular weight excluding hydrogens is 449 g/mol. The molecule has 12 heteroatoms. The summed E-state index contributed by atoms with van der Waals surface area (Å²) in [5.74, 6) is -2.55. The van der Waals surface area contributed by atoms with E-state index in [2.05, 4.69) is 0 Å². The molecule has 0 saturated carbocycles. The summed E-state index contributed by atoms with van der Waals surface area (Å²) >= 11 is 0. The fourth-order valence-electron chi connectivity index (χ4n) is 4.01. The molecule has 168 valence electrons. The van der Waals surface area contributed by atoms with Crippen LogP contribution in [-0.4, -0.2) is 57.0 Å². The SMILES string of the molecule is CC(C)S(=O)(=O)N1CCC(c2ccc3cc(O)c(N4CC(=O)NS4(=O)=O)c(F)c3c2)C1. The summed E-state index contributed by atoms with van der Waals surface area (Å²) in [6.07, 6.45) is 0.572. The number of aromatic hydroxyl groups is 1. The molecule has 2 aromatic rings. The summed E-state index contributed by atoms with van der Waals surface area (Å²) in [5.41, 5.74) is 0.112. The highest BCUT2D eigenvalue weighted by atomic mass is 32.2. The van der Waals surface area contributed by atoms with E-state index >= 15 is 4.39 Å². The second-order valence-electron chi connectivity index (χ2n) is 8.01. The molecule has 31 heavy (non-hydrogen) atoms. The van der Waals surface area contributed by atoms with Crippen LogP contribution in [0.5, 0.6) is 5.75 Å². The molecule has 2 heterocycles. The van der Waals surface area contributed by atoms with Crippen molar-refractivity contribution in [1.82, 2.24) is 9.03 Å². The van der Waals surface area contributed by atoms with Crippen LogP contribution in [0.3, 0.4) is 0 Å². The van der Waals surface area contributed by atoms with Gasteiger partial charge in [-0.25, -0.2) is 26.1 Å². The molecule has 0 bridgehead atoms. The van der Waals surface area contributed by atoms with Crippen molar-refractivity contribution in [3.63, 3.8) is 0 Å². The molecular formula is C19H22FN3O6S2. The lowest BCUT2D eigenvalue weighted by Crippen LogP contribution is -2.34. The van der Waals surface area contributed by atoms with Gasteiger partial charge < -0.3 is 5.11 Å². The van der Waals surface area contributed by atoms with E-state index in [9.17, 15) is 26.7 Å². The molecule has 2 aliphatic heterocycles. The van der Waals surface area contributed by atoms with E-state index in [0.717, 1.165) is 0 Å². The van der Waals surface area contributed by atoms with Crippen molar-refractivity contribution in [2.75, 3.05) is 23.9 Å². The number of phenolic OH excluding ortho intramolecular Hbond substituents is 1. The van der Waals surface area contributed by atoms with Gasteiger partial charge in [0.15, 0.2) is 5.82 Å². The van der Waals surface area contributed by atoms with Crippen LogP contribution in [0.2, 0.25) is 0 Å². The van der Waals surface area contributed by atoms with Crippen LogP contribution in [0.25, 0.3) is 10.8 Å². The van der Waals surface area contributed by atoms with Crippen molar-refractivity contribution < 1.29 is 31.1 Å². The standard InChI is InChI=1S/C19H22FN3O6S2/c1-11(2)30(26,27)22-6-5-14(9-22)12-3-4-13-8-16(24)19(18(20)15(13)7-12)23-10-17(25)21-31(23,28)29/h3-4,7-8,11,14,24H,5-6,9-10H2,1-2H3,(H,21,25). The van der Waals surface area contributed by atoms with Gasteiger partial charge in [-0.2, -0.15) is 8.42 Å². The van der Waals surface area contributed by atoms with E-state index < -0.39 is 55.2 Å². The molecule has 9 nitrogen and oxygen atoms in total. The van der Waals surface area contributed by atoms with Gasteiger partial charge in [0.05, 0.1) is 5.25 Å². The van der Waals surface area contributed by atoms with Crippen LogP contribution in [0.15, 0.2) is 24.3 Å². The lowest BCUT2D eigenvalue weighted by molar-refractivity contribution is -0.117. The monoisotopic (exact) mass is 471 g/mol. The summed E-state index contributed by atoms with van der Waals surface area (Å²) in [7, 11) is -7.70. The minimum Gasteiger partial charge on any atom is -0.506 e. The van der Waals surface area contributed by atoms with Crippen LogP contribution < -0.4 is 9.03 Å². The van der Waals surface area contributed by atoms with Crippen molar-refractivity contribution in [3.8, 4) is 5.75 Å². The number of fused-ring (bicyclic) bond motifs is 1. The molecule has 0 radical (unpaired) electrons. The predicted octanol–water partition coefficient (Wildman–Crippen LogP) is 1.39. The second-order valence-corrected chi connectivity index (χ2v) is 12.1. The van der Waals surface area contributed by atoms with Crippen molar-refractivity contribution in [3.05, 3.63) is 35.6 Å². The van der Waals surface area contributed by atoms with Gasteiger partial charge in [0, 0.05) is 18.5 Å². The first-order valence-electron chi connectivity index (χ1n) is 9.69. The number of nitrogens with one attached hydrogen (secondary N) is 1. The zero-order valence-corrected chi connectivity index (χ0v) is 18.5. The summed E-state index contributed by atoms with van der Waals surface area (Å²) < 4.78 is 68.2. The summed E-state index contributed by atoms with van der Waals surface area (Å²) in [6.45, 7) is 3.24. The van der Waals surface area contributed by atoms with E-state index in [1.807, 2.05) is 0 Å². The summed E-state index contributed by atoms with van der Waals surface area (Å²) in [5, 5.41) is 10.2. The highest BCUT2D eigenvalue weighted by Crippen LogP contribution is 2.40. The first-order chi connectivity index (χ1) is 14.4. The van der Waals surface area contributed by atoms with Gasteiger partial charge in [0.1, 0.15) is 18.0 Å². The van der Waals surface area contributed by atoms with E-state index in [0.29, 0.717) is 28.2 Å². The Bertz CT molecular complexity index is 1290. The number of phenols is 1. The fourth-order valence-corrected chi connectivity index (χ4v) is 6.52. The third kappa shape index (κ3) is 3.62. The quantitative estimate of drug-likeness (QED) is 0.695. The maximum Gasteiger partial charge on any atom is 0.326 e. The van der Waals surface area contributed by atoms with Crippen molar-refractivity contribution in [2.24, 2.45) is 0 Å². The van der Waals surface area contributed by atoms with Crippen LogP contribution in [0.4, 0.5) is 10.1 Å². The van der Waals surface area contributed by atoms with E-state index in [1.54, 1.807) is 36.8 Å². The number of amides is 1. The van der Waals surface area contributed by atoms with Crippen LogP contribution in [0, 0.1) is 5.82 Å². The number of hydrogen-bond donors (Lipinski definition) is 2. The van der Waals surface area contributed by atoms with Crippen molar-refractivity contribution >= 4 is 42.6 Å². The lowest BCUT2D eigenvalue weighted by atomic mass is 9.95. The lowest BCUT2D eigenvalue weighted by Gasteiger charge is -2.20. The van der Waals surface area contributed by atoms with Gasteiger partial charge in [-0.1, -0.05) is 12.1 Å². The Morgan fingerprint density at radius 1 is 1.26 bits per heavy atom. The van der Waals surface area contributed by atoms with Crippen molar-refractivity contribution in [1.29, 1.82) is 0 Å². The molecule has 2 fully saturated rings. The van der Waals surface area contributed by atoms with Crippen LogP contribution >= 0.6 is 0 Å². The number of nitrogens with zero attached hydrogens (tertiary/aromatic N) is 2. The Hall–Kier alpha value is -2.44. The average Bonchev–Trinajstić information content (AvgIpc) is 3.26. The van der Waals surface area contributed by atoms with Gasteiger partial charge in [0.2, 0.25) is 10.0 Å². The summed E-state index contributed by atoms with van der Waals surface area (Å²) in [4.78, 5) is 11.5. The van der Waals surface area contributed by atoms with Crippen LogP contribution in [0.1, 0.15) is 31.7 Å². The molecule has 2 aromatic carbocycles. The van der Waals surface area contributed by atoms with Gasteiger partial charge >= 0.3 is 10.2 Å². The number of sulfonamides is 1. The topological polar surface area (TPSA) is 124 Å². The zero-order chi connectivity index (χ0) is 22.7. The van der Waals surface area contributed by atoms with E-state index in [-0.39, 0.29) is 17.8 Å². The first kappa shape index (κ1) is 21.8. The number of hydrogen-bond acceptors (Lipinski definition) is 6. The first-order valence-corrected chi connectivity index (χ1v) is 12.6. The molecule has 2 N–H and O–H groups in total. The Kier molecular flexibility index (Phi) is 5.14. The number of carbonyl (C=O) groups excluding carboxylic acids is 1. The minimum atomic E-state index is -4.30. The Morgan fingerprint density at radius 2 is 1.97 bits per heavy atom. The molecule has 1 atom stereocenters. The number of carbonyl (C=O) groups is 1. The normalized spacial score (nSPS) is 21.9. The predicted molar refractivity (Wildman–Crippen MR) is 113 cm³/mol. The smallest absolute Gasteiger partial charge is 0.326 e. The molecule has 0 aliphatic carbocycles. The number of anilines is 1. The number of halogens is 1. The Balaban J connectivity index is 1.74. The fraction of sp³-hybridized carbons (Fsp3) is 0.421. The zero-order valence-electron chi connectivity index (χ0n) is 16.9. The summed E-state index contributed by atoms with van der Waals surface area (Å²) in [6, 6.07) is 6.12. The maximum absolute atomic E-state index is 15.4. The molecule has 1 amide bonds. The second kappa shape index (κ2) is 7.31. The molecule has 2 aliphatic rings. The highest BCUT2D eigenvalue weighted by Gasteiger charge is 2.38. The Labute approximate surface area is 179 Å². The average molecular weight is 472 g/mol. The minimum absolute atomic E-state index is 0.0741. The number of rotatable bonds is 4. The number of benzene rings is 2. The molecule has 2 saturated heterocycles. The Morgan fingerprint density at radius 3 is 2.58 bits per heavy atom. The largest absolute Gasteiger partial charge is 0.506 e. The van der Waals surface area contributed by atoms with Gasteiger partial charge in [-0.15, -0.1) is 0 Å².